The van der Waals surface area contributed by atoms with Gasteiger partial charge in [0.2, 0.25) is 0 Å². The number of hydrogen-bond acceptors (Lipinski definition) is 3. The van der Waals surface area contributed by atoms with Gasteiger partial charge in [-0.2, -0.15) is 0 Å². The fourth-order valence-electron chi connectivity index (χ4n) is 1.88. The maximum absolute atomic E-state index is 13.5. The van der Waals surface area contributed by atoms with Gasteiger partial charge in [0.15, 0.2) is 0 Å². The Hall–Kier alpha value is -1.40. The first-order valence-electron chi connectivity index (χ1n) is 5.07. The molecule has 16 heavy (non-hydrogen) atoms. The van der Waals surface area contributed by atoms with E-state index >= 15 is 0 Å². The van der Waals surface area contributed by atoms with Gasteiger partial charge in [-0.05, 0) is 26.0 Å². The average Bonchev–Trinajstić information content (AvgIpc) is 2.51. The molecule has 0 unspecified atom stereocenters. The summed E-state index contributed by atoms with van der Waals surface area (Å²) >= 11 is 0. The third-order valence-electron chi connectivity index (χ3n) is 2.65. The van der Waals surface area contributed by atoms with Gasteiger partial charge < -0.3 is 14.6 Å². The normalized spacial score (nSPS) is 11.1. The summed E-state index contributed by atoms with van der Waals surface area (Å²) in [6.07, 6.45) is 0. The topological polar surface area (TPSA) is 58.3 Å². The molecule has 0 spiro atoms. The van der Waals surface area contributed by atoms with Crippen LogP contribution in [0.3, 0.4) is 0 Å². The number of rotatable bonds is 2. The van der Waals surface area contributed by atoms with Crippen LogP contribution in [0.1, 0.15) is 12.7 Å². The first-order chi connectivity index (χ1) is 7.54. The molecule has 1 heterocycles. The SMILES string of the molecule is CCn1c(C)nc2cc(B(O)O)c(F)cc21. The lowest BCUT2D eigenvalue weighted by Gasteiger charge is -2.04. The van der Waals surface area contributed by atoms with E-state index in [0.29, 0.717) is 17.6 Å². The summed E-state index contributed by atoms with van der Waals surface area (Å²) in [6.45, 7) is 4.47. The van der Waals surface area contributed by atoms with Gasteiger partial charge in [0.25, 0.3) is 0 Å². The molecule has 6 heteroatoms. The predicted molar refractivity (Wildman–Crippen MR) is 59.9 cm³/mol. The number of benzene rings is 1. The summed E-state index contributed by atoms with van der Waals surface area (Å²) < 4.78 is 15.4. The zero-order valence-electron chi connectivity index (χ0n) is 9.11. The molecule has 0 fully saturated rings. The van der Waals surface area contributed by atoms with Gasteiger partial charge in [-0.15, -0.1) is 0 Å². The molecule has 0 aliphatic heterocycles. The molecule has 1 aromatic heterocycles. The van der Waals surface area contributed by atoms with Gasteiger partial charge in [-0.1, -0.05) is 0 Å². The van der Waals surface area contributed by atoms with Crippen LogP contribution in [0.15, 0.2) is 12.1 Å². The Labute approximate surface area is 92.5 Å². The predicted octanol–water partition coefficient (Wildman–Crippen LogP) is 0.184. The molecule has 84 valence electrons. The molecule has 0 aliphatic carbocycles. The molecule has 0 aliphatic rings. The Morgan fingerprint density at radius 2 is 2.12 bits per heavy atom. The molecule has 0 bridgehead atoms. The van der Waals surface area contributed by atoms with E-state index in [1.54, 1.807) is 0 Å². The van der Waals surface area contributed by atoms with Gasteiger partial charge in [0.05, 0.1) is 11.0 Å². The Kier molecular flexibility index (Phi) is 2.69. The number of aromatic nitrogens is 2. The van der Waals surface area contributed by atoms with Crippen molar-refractivity contribution in [3.05, 3.63) is 23.8 Å². The highest BCUT2D eigenvalue weighted by atomic mass is 19.1. The Morgan fingerprint density at radius 3 is 2.69 bits per heavy atom. The molecule has 0 amide bonds. The van der Waals surface area contributed by atoms with Crippen LogP contribution in [-0.2, 0) is 6.54 Å². The second-order valence-electron chi connectivity index (χ2n) is 3.64. The van der Waals surface area contributed by atoms with E-state index < -0.39 is 12.9 Å². The molecule has 2 N–H and O–H groups in total. The number of hydrogen-bond donors (Lipinski definition) is 2. The van der Waals surface area contributed by atoms with E-state index in [1.165, 1.54) is 12.1 Å². The summed E-state index contributed by atoms with van der Waals surface area (Å²) in [5, 5.41) is 18.0. The third kappa shape index (κ3) is 1.60. The molecule has 0 saturated carbocycles. The average molecular weight is 222 g/mol. The van der Waals surface area contributed by atoms with E-state index in [4.69, 9.17) is 10.0 Å². The first-order valence-corrected chi connectivity index (χ1v) is 5.07. The van der Waals surface area contributed by atoms with Crippen molar-refractivity contribution in [2.45, 2.75) is 20.4 Å². The van der Waals surface area contributed by atoms with Crippen LogP contribution in [-0.4, -0.2) is 26.7 Å². The summed E-state index contributed by atoms with van der Waals surface area (Å²) in [4.78, 5) is 4.24. The van der Waals surface area contributed by atoms with Crippen molar-refractivity contribution in [1.82, 2.24) is 9.55 Å². The van der Waals surface area contributed by atoms with Crippen molar-refractivity contribution in [1.29, 1.82) is 0 Å². The van der Waals surface area contributed by atoms with Crippen LogP contribution >= 0.6 is 0 Å². The van der Waals surface area contributed by atoms with Gasteiger partial charge in [-0.3, -0.25) is 0 Å². The smallest absolute Gasteiger partial charge is 0.423 e. The molecule has 1 aromatic carbocycles. The number of imidazole rings is 1. The summed E-state index contributed by atoms with van der Waals surface area (Å²) in [6, 6.07) is 2.65. The second-order valence-corrected chi connectivity index (χ2v) is 3.64. The lowest BCUT2D eigenvalue weighted by molar-refractivity contribution is 0.423. The molecular formula is C10H12BFN2O2. The minimum Gasteiger partial charge on any atom is -0.423 e. The monoisotopic (exact) mass is 222 g/mol. The molecule has 0 saturated heterocycles. The number of aryl methyl sites for hydroxylation is 2. The summed E-state index contributed by atoms with van der Waals surface area (Å²) in [5.74, 6) is 0.151. The van der Waals surface area contributed by atoms with E-state index in [0.717, 1.165) is 5.82 Å². The Bertz CT molecular complexity index is 539. The molecule has 2 aromatic rings. The van der Waals surface area contributed by atoms with Crippen molar-refractivity contribution in [2.75, 3.05) is 0 Å². The second kappa shape index (κ2) is 3.88. The number of fused-ring (bicyclic) bond motifs is 1. The maximum Gasteiger partial charge on any atom is 0.491 e. The largest absolute Gasteiger partial charge is 0.491 e. The molecule has 4 nitrogen and oxygen atoms in total. The van der Waals surface area contributed by atoms with Gasteiger partial charge in [0, 0.05) is 12.0 Å². The third-order valence-corrected chi connectivity index (χ3v) is 2.65. The summed E-state index contributed by atoms with van der Waals surface area (Å²) in [5.41, 5.74) is 1.10. The van der Waals surface area contributed by atoms with Crippen LogP contribution < -0.4 is 5.46 Å². The zero-order chi connectivity index (χ0) is 11.9. The zero-order valence-corrected chi connectivity index (χ0v) is 9.11. The number of halogens is 1. The van der Waals surface area contributed by atoms with Crippen LogP contribution in [0.4, 0.5) is 4.39 Å². The van der Waals surface area contributed by atoms with E-state index in [-0.39, 0.29) is 5.46 Å². The van der Waals surface area contributed by atoms with Crippen molar-refractivity contribution in [3.63, 3.8) is 0 Å². The van der Waals surface area contributed by atoms with Crippen molar-refractivity contribution in [3.8, 4) is 0 Å². The lowest BCUT2D eigenvalue weighted by Crippen LogP contribution is -2.32. The van der Waals surface area contributed by atoms with Crippen LogP contribution in [0.2, 0.25) is 0 Å². The van der Waals surface area contributed by atoms with Crippen LogP contribution in [0, 0.1) is 12.7 Å². The minimum atomic E-state index is -1.81. The van der Waals surface area contributed by atoms with E-state index in [9.17, 15) is 4.39 Å². The fraction of sp³-hybridized carbons (Fsp3) is 0.300. The Balaban J connectivity index is 2.73. The highest BCUT2D eigenvalue weighted by molar-refractivity contribution is 6.59. The molecule has 0 atom stereocenters. The van der Waals surface area contributed by atoms with E-state index in [1.807, 2.05) is 18.4 Å². The molecular weight excluding hydrogens is 210 g/mol. The quantitative estimate of drug-likeness (QED) is 0.712. The van der Waals surface area contributed by atoms with Crippen LogP contribution in [0.5, 0.6) is 0 Å². The Morgan fingerprint density at radius 1 is 1.44 bits per heavy atom. The van der Waals surface area contributed by atoms with Crippen molar-refractivity contribution >= 4 is 23.6 Å². The number of nitrogens with zero attached hydrogens (tertiary/aromatic N) is 2. The van der Waals surface area contributed by atoms with E-state index in [2.05, 4.69) is 4.98 Å². The standard InChI is InChI=1S/C10H12BFN2O2/c1-3-14-6(2)13-9-4-7(11(15)16)8(12)5-10(9)14/h4-5,15-16H,3H2,1-2H3. The molecule has 0 radical (unpaired) electrons. The van der Waals surface area contributed by atoms with Gasteiger partial charge in [0.1, 0.15) is 11.6 Å². The first kappa shape index (κ1) is 11.1. The molecule has 2 rings (SSSR count). The van der Waals surface area contributed by atoms with Gasteiger partial charge >= 0.3 is 7.12 Å². The lowest BCUT2D eigenvalue weighted by atomic mass is 9.80. The van der Waals surface area contributed by atoms with Crippen molar-refractivity contribution < 1.29 is 14.4 Å². The highest BCUT2D eigenvalue weighted by Gasteiger charge is 2.19. The highest BCUT2D eigenvalue weighted by Crippen LogP contribution is 2.16. The van der Waals surface area contributed by atoms with Crippen molar-refractivity contribution in [2.24, 2.45) is 0 Å². The minimum absolute atomic E-state index is 0.145. The maximum atomic E-state index is 13.5. The van der Waals surface area contributed by atoms with Gasteiger partial charge in [-0.25, -0.2) is 9.37 Å². The summed E-state index contributed by atoms with van der Waals surface area (Å²) in [7, 11) is -1.81. The van der Waals surface area contributed by atoms with Crippen LogP contribution in [0.25, 0.3) is 11.0 Å². The fourth-order valence-corrected chi connectivity index (χ4v) is 1.88.